The number of ether oxygens (including phenoxy) is 1. The Balaban J connectivity index is 1.79. The van der Waals surface area contributed by atoms with E-state index in [4.69, 9.17) is 39.5 Å². The summed E-state index contributed by atoms with van der Waals surface area (Å²) in [4.78, 5) is 4.46. The summed E-state index contributed by atoms with van der Waals surface area (Å²) in [6, 6.07) is 12.6. The number of hydrogen-bond donors (Lipinski definition) is 1. The van der Waals surface area contributed by atoms with Crippen LogP contribution in [0.25, 0.3) is 16.7 Å². The van der Waals surface area contributed by atoms with E-state index in [-0.39, 0.29) is 0 Å². The van der Waals surface area contributed by atoms with Crippen molar-refractivity contribution in [1.82, 2.24) is 14.8 Å². The van der Waals surface area contributed by atoms with Gasteiger partial charge in [-0.25, -0.2) is 9.67 Å². The quantitative estimate of drug-likeness (QED) is 0.432. The fourth-order valence-corrected chi connectivity index (χ4v) is 3.23. The van der Waals surface area contributed by atoms with E-state index in [9.17, 15) is 0 Å². The summed E-state index contributed by atoms with van der Waals surface area (Å²) in [5.74, 6) is 0.682. The molecule has 0 unspecified atom stereocenters. The average molecular weight is 420 g/mol. The molecule has 0 aliphatic carbocycles. The van der Waals surface area contributed by atoms with Crippen LogP contribution in [-0.2, 0) is 0 Å². The highest BCUT2D eigenvalue weighted by molar-refractivity contribution is 6.42. The molecule has 2 aromatic carbocycles. The molecule has 8 heteroatoms. The van der Waals surface area contributed by atoms with Crippen LogP contribution in [0.5, 0.6) is 5.75 Å². The molecule has 0 spiro atoms. The van der Waals surface area contributed by atoms with Gasteiger partial charge in [-0.2, -0.15) is 5.10 Å². The van der Waals surface area contributed by atoms with Crippen molar-refractivity contribution in [3.8, 4) is 11.4 Å². The highest BCUT2D eigenvalue weighted by Gasteiger charge is 2.13. The van der Waals surface area contributed by atoms with E-state index < -0.39 is 0 Å². The summed E-state index contributed by atoms with van der Waals surface area (Å²) >= 11 is 18.3. The molecule has 0 amide bonds. The van der Waals surface area contributed by atoms with Crippen molar-refractivity contribution in [2.45, 2.75) is 0 Å². The first-order valence-electron chi connectivity index (χ1n) is 7.95. The summed E-state index contributed by atoms with van der Waals surface area (Å²) in [6.07, 6.45) is 3.45. The number of hydrogen-bond acceptors (Lipinski definition) is 4. The maximum absolute atomic E-state index is 6.14. The molecule has 1 N–H and O–H groups in total. The predicted octanol–water partition coefficient (Wildman–Crippen LogP) is 6.13. The van der Waals surface area contributed by atoms with Crippen LogP contribution in [0.3, 0.4) is 0 Å². The normalized spacial score (nSPS) is 11.0. The zero-order chi connectivity index (χ0) is 19.0. The van der Waals surface area contributed by atoms with Gasteiger partial charge in [0.05, 0.1) is 45.8 Å². The summed E-state index contributed by atoms with van der Waals surface area (Å²) in [7, 11) is 1.61. The molecule has 0 fully saturated rings. The van der Waals surface area contributed by atoms with Crippen molar-refractivity contribution >= 4 is 57.2 Å². The molecule has 4 aromatic rings. The van der Waals surface area contributed by atoms with Crippen LogP contribution < -0.4 is 10.1 Å². The van der Waals surface area contributed by atoms with Crippen LogP contribution in [0.4, 0.5) is 11.4 Å². The van der Waals surface area contributed by atoms with Crippen molar-refractivity contribution < 1.29 is 4.74 Å². The van der Waals surface area contributed by atoms with Gasteiger partial charge in [-0.15, -0.1) is 0 Å². The topological polar surface area (TPSA) is 52.0 Å². The van der Waals surface area contributed by atoms with Crippen LogP contribution in [0.1, 0.15) is 0 Å². The van der Waals surface area contributed by atoms with Gasteiger partial charge in [-0.3, -0.25) is 0 Å². The molecule has 0 saturated carbocycles. The second-order valence-electron chi connectivity index (χ2n) is 5.72. The van der Waals surface area contributed by atoms with Crippen LogP contribution >= 0.6 is 34.8 Å². The highest BCUT2D eigenvalue weighted by Crippen LogP contribution is 2.33. The number of nitrogens with one attached hydrogen (secondary N) is 1. The minimum Gasteiger partial charge on any atom is -0.495 e. The molecular formula is C19H13Cl3N4O. The summed E-state index contributed by atoms with van der Waals surface area (Å²) in [5, 5.41) is 10.2. The van der Waals surface area contributed by atoms with Crippen LogP contribution in [0.15, 0.2) is 54.9 Å². The summed E-state index contributed by atoms with van der Waals surface area (Å²) < 4.78 is 7.11. The monoisotopic (exact) mass is 418 g/mol. The lowest BCUT2D eigenvalue weighted by Gasteiger charge is -2.12. The van der Waals surface area contributed by atoms with Crippen molar-refractivity contribution in [3.05, 3.63) is 69.9 Å². The third-order valence-corrected chi connectivity index (χ3v) is 5.02. The maximum Gasteiger partial charge on any atom is 0.164 e. The Morgan fingerprint density at radius 3 is 2.59 bits per heavy atom. The standard InChI is InChI=1S/C19H13Cl3N4O/c1-27-18-5-2-11(20)8-17(18)25-16-6-7-23-19-13(16)10-24-26(19)12-3-4-14(21)15(22)9-12/h2-10H,1H3,(H,23,25). The van der Waals surface area contributed by atoms with E-state index in [1.54, 1.807) is 48.5 Å². The molecule has 5 nitrogen and oxygen atoms in total. The fraction of sp³-hybridized carbons (Fsp3) is 0.0526. The van der Waals surface area contributed by atoms with Gasteiger partial charge in [0.2, 0.25) is 0 Å². The van der Waals surface area contributed by atoms with E-state index >= 15 is 0 Å². The van der Waals surface area contributed by atoms with Crippen LogP contribution in [-0.4, -0.2) is 21.9 Å². The second kappa shape index (κ2) is 7.27. The Bertz CT molecular complexity index is 1140. The fourth-order valence-electron chi connectivity index (χ4n) is 2.77. The lowest BCUT2D eigenvalue weighted by Crippen LogP contribution is -1.99. The third kappa shape index (κ3) is 3.41. The number of aromatic nitrogens is 3. The molecule has 2 aromatic heterocycles. The van der Waals surface area contributed by atoms with Gasteiger partial charge in [0, 0.05) is 11.2 Å². The second-order valence-corrected chi connectivity index (χ2v) is 6.97. The summed E-state index contributed by atoms with van der Waals surface area (Å²) in [6.45, 7) is 0. The van der Waals surface area contributed by atoms with Crippen LogP contribution in [0, 0.1) is 0 Å². The number of pyridine rings is 1. The number of halogens is 3. The number of fused-ring (bicyclic) bond motifs is 1. The van der Waals surface area contributed by atoms with Gasteiger partial charge in [-0.05, 0) is 42.5 Å². The first-order chi connectivity index (χ1) is 13.1. The Labute approximate surface area is 170 Å². The van der Waals surface area contributed by atoms with Gasteiger partial charge in [0.25, 0.3) is 0 Å². The molecule has 4 rings (SSSR count). The van der Waals surface area contributed by atoms with Crippen molar-refractivity contribution in [2.24, 2.45) is 0 Å². The Morgan fingerprint density at radius 1 is 0.963 bits per heavy atom. The molecule has 2 heterocycles. The van der Waals surface area contributed by atoms with Gasteiger partial charge >= 0.3 is 0 Å². The van der Waals surface area contributed by atoms with Crippen molar-refractivity contribution in [1.29, 1.82) is 0 Å². The first-order valence-corrected chi connectivity index (χ1v) is 9.09. The molecule has 0 atom stereocenters. The van der Waals surface area contributed by atoms with E-state index in [0.29, 0.717) is 26.5 Å². The minimum absolute atomic E-state index is 0.454. The molecule has 0 aliphatic rings. The molecule has 0 bridgehead atoms. The molecule has 0 aliphatic heterocycles. The lowest BCUT2D eigenvalue weighted by atomic mass is 10.2. The van der Waals surface area contributed by atoms with E-state index in [0.717, 1.165) is 22.4 Å². The molecule has 27 heavy (non-hydrogen) atoms. The van der Waals surface area contributed by atoms with Gasteiger partial charge in [-0.1, -0.05) is 34.8 Å². The van der Waals surface area contributed by atoms with E-state index in [2.05, 4.69) is 15.4 Å². The van der Waals surface area contributed by atoms with E-state index in [1.165, 1.54) is 0 Å². The number of anilines is 2. The number of nitrogens with zero attached hydrogens (tertiary/aromatic N) is 3. The number of benzene rings is 2. The maximum atomic E-state index is 6.14. The molecule has 0 saturated heterocycles. The largest absolute Gasteiger partial charge is 0.495 e. The smallest absolute Gasteiger partial charge is 0.164 e. The van der Waals surface area contributed by atoms with Gasteiger partial charge in [0.1, 0.15) is 5.75 Å². The zero-order valence-corrected chi connectivity index (χ0v) is 16.3. The molecular weight excluding hydrogens is 407 g/mol. The SMILES string of the molecule is COc1ccc(Cl)cc1Nc1ccnc2c1cnn2-c1ccc(Cl)c(Cl)c1. The molecule has 0 radical (unpaired) electrons. The first kappa shape index (κ1) is 17.9. The van der Waals surface area contributed by atoms with Gasteiger partial charge in [0.15, 0.2) is 5.65 Å². The predicted molar refractivity (Wildman–Crippen MR) is 110 cm³/mol. The third-order valence-electron chi connectivity index (χ3n) is 4.05. The van der Waals surface area contributed by atoms with Crippen molar-refractivity contribution in [2.75, 3.05) is 12.4 Å². The van der Waals surface area contributed by atoms with Gasteiger partial charge < -0.3 is 10.1 Å². The molecule has 136 valence electrons. The number of methoxy groups -OCH3 is 1. The Hall–Kier alpha value is -2.47. The Morgan fingerprint density at radius 2 is 1.81 bits per heavy atom. The van der Waals surface area contributed by atoms with Crippen molar-refractivity contribution in [3.63, 3.8) is 0 Å². The average Bonchev–Trinajstić information content (AvgIpc) is 3.09. The Kier molecular flexibility index (Phi) is 4.83. The zero-order valence-electron chi connectivity index (χ0n) is 14.1. The van der Waals surface area contributed by atoms with E-state index in [1.807, 2.05) is 18.2 Å². The lowest BCUT2D eigenvalue weighted by molar-refractivity contribution is 0.417. The minimum atomic E-state index is 0.454. The highest BCUT2D eigenvalue weighted by atomic mass is 35.5. The van der Waals surface area contributed by atoms with Crippen LogP contribution in [0.2, 0.25) is 15.1 Å². The number of rotatable bonds is 4. The summed E-state index contributed by atoms with van der Waals surface area (Å²) in [5.41, 5.74) is 3.02.